The number of aliphatic hydroxyl groups is 8. The number of phenolic OH excluding ortho intramolecular Hbond substituents is 4. The van der Waals surface area contributed by atoms with Crippen LogP contribution in [0.25, 0.3) is 28.4 Å². The quantitative estimate of drug-likeness (QED) is 0.0477. The summed E-state index contributed by atoms with van der Waals surface area (Å²) in [5.41, 5.74) is -1.07. The van der Waals surface area contributed by atoms with Gasteiger partial charge in [-0.2, -0.15) is 0 Å². The van der Waals surface area contributed by atoms with Crippen molar-refractivity contribution < 1.29 is 104 Å². The van der Waals surface area contributed by atoms with Crippen molar-refractivity contribution in [2.24, 2.45) is 0 Å². The number of rotatable bonds is 11. The summed E-state index contributed by atoms with van der Waals surface area (Å²) in [6.07, 6.45) is -23.1. The van der Waals surface area contributed by atoms with Crippen LogP contribution in [0.4, 0.5) is 0 Å². The third-order valence-electron chi connectivity index (χ3n) is 10.9. The Kier molecular flexibility index (Phi) is 13.7. The molecule has 0 aliphatic carbocycles. The van der Waals surface area contributed by atoms with E-state index < -0.39 is 144 Å². The Morgan fingerprint density at radius 2 is 1.30 bits per heavy atom. The monoisotopic (exact) mass is 902 g/mol. The predicted molar refractivity (Wildman–Crippen MR) is 213 cm³/mol. The first-order valence-electron chi connectivity index (χ1n) is 19.7. The fraction of sp³-hybridized carbons (Fsp3) is 0.429. The molecule has 4 aromatic rings. The molecule has 3 fully saturated rings. The number of benzene rings is 3. The molecular weight excluding hydrogens is 856 g/mol. The maximum absolute atomic E-state index is 14.5. The Balaban J connectivity index is 1.24. The van der Waals surface area contributed by atoms with Crippen molar-refractivity contribution in [1.82, 2.24) is 0 Å². The molecule has 7 rings (SSSR count). The van der Waals surface area contributed by atoms with E-state index in [1.165, 1.54) is 56.3 Å². The van der Waals surface area contributed by atoms with Crippen molar-refractivity contribution >= 4 is 23.0 Å². The van der Waals surface area contributed by atoms with Crippen LogP contribution in [0.15, 0.2) is 69.9 Å². The van der Waals surface area contributed by atoms with Gasteiger partial charge in [-0.3, -0.25) is 4.79 Å². The van der Waals surface area contributed by atoms with Crippen LogP contribution < -0.4 is 14.9 Å². The Bertz CT molecular complexity index is 2390. The number of aliphatic hydroxyl groups excluding tert-OH is 8. The SMILES string of the molecule is CC1O[C@@H](Oc2cc(O)c3c(=O)c(O[C@@H]4OC(COC(=O)/C=C/c5ccc(O)c(O)c5)[C@@H](O)C(O)[C@@H]4O[C@@H]4OC(C)[C@H](O)C(O)[C@@H]4O)c(-c4ccc(O)cc4)oc3c2)[C@@H](O)C(O)[C@H]1O. The molecule has 22 heteroatoms. The van der Waals surface area contributed by atoms with Crippen LogP contribution in [-0.4, -0.2) is 166 Å². The fourth-order valence-corrected chi connectivity index (χ4v) is 7.18. The lowest BCUT2D eigenvalue weighted by Crippen LogP contribution is -2.64. The van der Waals surface area contributed by atoms with E-state index in [1.54, 1.807) is 0 Å². The minimum atomic E-state index is -2.06. The molecule has 346 valence electrons. The topological polar surface area (TPSA) is 355 Å². The highest BCUT2D eigenvalue weighted by molar-refractivity contribution is 5.88. The van der Waals surface area contributed by atoms with Gasteiger partial charge in [-0.15, -0.1) is 0 Å². The standard InChI is InChI=1S/C42H46O22/c1-15-28(48)32(52)35(55)40(58-15)60-20-12-23(46)27-24(13-20)61-37(18-5-7-19(43)8-6-18)38(31(27)51)63-42-39(64-41-36(56)33(53)29(49)16(2)59-41)34(54)30(50)25(62-42)14-57-26(47)10-4-17-3-9-21(44)22(45)11-17/h3-13,15-16,25,28-30,32-36,39-46,48-50,52-56H,14H2,1-2H3/b10-4+/t15?,16?,25?,28-,29-,30+,32?,33?,34?,35-,36-,39-,40-,41-,42-/m0/s1. The molecule has 0 saturated carbocycles. The Morgan fingerprint density at radius 1 is 0.656 bits per heavy atom. The largest absolute Gasteiger partial charge is 0.508 e. The van der Waals surface area contributed by atoms with Gasteiger partial charge in [-0.1, -0.05) is 6.07 Å². The van der Waals surface area contributed by atoms with Crippen molar-refractivity contribution in [1.29, 1.82) is 0 Å². The first-order chi connectivity index (χ1) is 30.3. The Hall–Kier alpha value is -5.60. The van der Waals surface area contributed by atoms with E-state index in [2.05, 4.69) is 0 Å². The third-order valence-corrected chi connectivity index (χ3v) is 10.9. The Labute approximate surface area is 361 Å². The molecule has 3 saturated heterocycles. The van der Waals surface area contributed by atoms with Gasteiger partial charge in [0.05, 0.1) is 12.2 Å². The van der Waals surface area contributed by atoms with E-state index >= 15 is 0 Å². The van der Waals surface area contributed by atoms with Crippen LogP contribution in [0.1, 0.15) is 19.4 Å². The molecule has 22 nitrogen and oxygen atoms in total. The van der Waals surface area contributed by atoms with Crippen LogP contribution in [-0.2, 0) is 28.5 Å². The summed E-state index contributed by atoms with van der Waals surface area (Å²) in [6, 6.07) is 10.9. The fourth-order valence-electron chi connectivity index (χ4n) is 7.18. The number of carbonyl (C=O) groups is 1. The molecule has 1 aromatic heterocycles. The molecule has 3 aliphatic heterocycles. The molecule has 15 atom stereocenters. The highest BCUT2D eigenvalue weighted by Crippen LogP contribution is 2.39. The van der Waals surface area contributed by atoms with E-state index in [0.29, 0.717) is 5.56 Å². The zero-order valence-electron chi connectivity index (χ0n) is 33.7. The van der Waals surface area contributed by atoms with Crippen LogP contribution in [0.2, 0.25) is 0 Å². The molecule has 0 bridgehead atoms. The van der Waals surface area contributed by atoms with Crippen molar-refractivity contribution in [2.45, 2.75) is 106 Å². The van der Waals surface area contributed by atoms with Gasteiger partial charge in [-0.25, -0.2) is 4.79 Å². The highest BCUT2D eigenvalue weighted by Gasteiger charge is 2.52. The van der Waals surface area contributed by atoms with Gasteiger partial charge in [-0.05, 0) is 61.9 Å². The van der Waals surface area contributed by atoms with Gasteiger partial charge in [0.25, 0.3) is 0 Å². The van der Waals surface area contributed by atoms with Gasteiger partial charge in [0.1, 0.15) is 89.8 Å². The summed E-state index contributed by atoms with van der Waals surface area (Å²) < 4.78 is 46.1. The van der Waals surface area contributed by atoms with Crippen molar-refractivity contribution in [2.75, 3.05) is 6.61 Å². The van der Waals surface area contributed by atoms with E-state index in [9.17, 15) is 70.9 Å². The summed E-state index contributed by atoms with van der Waals surface area (Å²) in [4.78, 5) is 27.2. The predicted octanol–water partition coefficient (Wildman–Crippen LogP) is -1.22. The van der Waals surface area contributed by atoms with Crippen LogP contribution in [0.5, 0.6) is 34.5 Å². The number of aromatic hydroxyl groups is 4. The van der Waals surface area contributed by atoms with E-state index in [-0.39, 0.29) is 22.6 Å². The van der Waals surface area contributed by atoms with Crippen molar-refractivity contribution in [3.8, 4) is 45.8 Å². The van der Waals surface area contributed by atoms with Gasteiger partial charge in [0.2, 0.25) is 23.8 Å². The van der Waals surface area contributed by atoms with Gasteiger partial charge < -0.3 is 98.9 Å². The summed E-state index contributed by atoms with van der Waals surface area (Å²) in [5, 5.41) is 125. The highest BCUT2D eigenvalue weighted by atomic mass is 16.8. The lowest BCUT2D eigenvalue weighted by atomic mass is 9.97. The first-order valence-corrected chi connectivity index (χ1v) is 19.7. The normalized spacial score (nSPS) is 33.2. The summed E-state index contributed by atoms with van der Waals surface area (Å²) in [5.74, 6) is -4.17. The molecule has 3 aromatic carbocycles. The second-order valence-corrected chi connectivity index (χ2v) is 15.4. The van der Waals surface area contributed by atoms with Crippen LogP contribution in [0, 0.1) is 0 Å². The molecule has 4 heterocycles. The molecule has 64 heavy (non-hydrogen) atoms. The summed E-state index contributed by atoms with van der Waals surface area (Å²) in [6.45, 7) is 2.00. The number of esters is 1. The molecule has 0 spiro atoms. The van der Waals surface area contributed by atoms with Crippen LogP contribution >= 0.6 is 0 Å². The van der Waals surface area contributed by atoms with Gasteiger partial charge in [0.15, 0.2) is 29.7 Å². The second-order valence-electron chi connectivity index (χ2n) is 15.4. The minimum absolute atomic E-state index is 0.0691. The maximum atomic E-state index is 14.5. The molecule has 6 unspecified atom stereocenters. The maximum Gasteiger partial charge on any atom is 0.330 e. The lowest BCUT2D eigenvalue weighted by Gasteiger charge is -2.45. The van der Waals surface area contributed by atoms with Crippen molar-refractivity contribution in [3.63, 3.8) is 0 Å². The Morgan fingerprint density at radius 3 is 1.95 bits per heavy atom. The van der Waals surface area contributed by atoms with E-state index in [0.717, 1.165) is 24.3 Å². The van der Waals surface area contributed by atoms with E-state index in [1.807, 2.05) is 0 Å². The third kappa shape index (κ3) is 9.44. The molecule has 12 N–H and O–H groups in total. The minimum Gasteiger partial charge on any atom is -0.508 e. The first kappa shape index (κ1) is 46.4. The second kappa shape index (κ2) is 18.9. The number of hydrogen-bond acceptors (Lipinski definition) is 22. The summed E-state index contributed by atoms with van der Waals surface area (Å²) >= 11 is 0. The molecule has 3 aliphatic rings. The number of phenols is 4. The number of hydrogen-bond donors (Lipinski definition) is 12. The number of carbonyl (C=O) groups excluding carboxylic acids is 1. The zero-order chi connectivity index (χ0) is 46.3. The summed E-state index contributed by atoms with van der Waals surface area (Å²) in [7, 11) is 0. The lowest BCUT2D eigenvalue weighted by molar-refractivity contribution is -0.354. The zero-order valence-corrected chi connectivity index (χ0v) is 33.7. The average molecular weight is 903 g/mol. The van der Waals surface area contributed by atoms with E-state index in [4.69, 9.17) is 37.6 Å². The molecule has 0 amide bonds. The van der Waals surface area contributed by atoms with Crippen LogP contribution in [0.3, 0.4) is 0 Å². The molecular formula is C42H46O22. The number of ether oxygens (including phenoxy) is 7. The molecule has 0 radical (unpaired) electrons. The number of fused-ring (bicyclic) bond motifs is 1. The van der Waals surface area contributed by atoms with Crippen molar-refractivity contribution in [3.05, 3.63) is 76.5 Å². The van der Waals surface area contributed by atoms with Gasteiger partial charge in [0, 0.05) is 23.8 Å². The average Bonchev–Trinajstić information content (AvgIpc) is 3.26. The smallest absolute Gasteiger partial charge is 0.330 e. The van der Waals surface area contributed by atoms with Gasteiger partial charge >= 0.3 is 5.97 Å².